The molecule has 2 aromatic carbocycles. The first-order valence-electron chi connectivity index (χ1n) is 9.02. The van der Waals surface area contributed by atoms with Gasteiger partial charge in [0.25, 0.3) is 5.91 Å². The second-order valence-electron chi connectivity index (χ2n) is 6.80. The first-order valence-corrected chi connectivity index (χ1v) is 9.02. The number of carbonyl (C=O) groups excluding carboxylic acids is 1. The molecule has 1 aromatic heterocycles. The molecule has 0 unspecified atom stereocenters. The Morgan fingerprint density at radius 3 is 2.58 bits per heavy atom. The molecule has 1 aliphatic rings. The van der Waals surface area contributed by atoms with Crippen molar-refractivity contribution < 1.29 is 9.90 Å². The number of hydrogen-bond acceptors (Lipinski definition) is 3. The van der Waals surface area contributed by atoms with Gasteiger partial charge < -0.3 is 15.0 Å². The molecule has 1 aliphatic heterocycles. The van der Waals surface area contributed by atoms with E-state index in [9.17, 15) is 9.90 Å². The number of nitrogens with one attached hydrogen (secondary N) is 1. The molecule has 2 N–H and O–H groups in total. The van der Waals surface area contributed by atoms with Crippen LogP contribution < -0.4 is 0 Å². The topological polar surface area (TPSA) is 59.6 Å². The van der Waals surface area contributed by atoms with Crippen LogP contribution in [0.1, 0.15) is 22.0 Å². The summed E-state index contributed by atoms with van der Waals surface area (Å²) in [6, 6.07) is 17.5. The average Bonchev–Trinajstić information content (AvgIpc) is 3.16. The lowest BCUT2D eigenvalue weighted by Crippen LogP contribution is -2.49. The van der Waals surface area contributed by atoms with E-state index in [1.165, 1.54) is 0 Å². The number of carbonyl (C=O) groups is 1. The fourth-order valence-corrected chi connectivity index (χ4v) is 3.52. The molecule has 5 nitrogen and oxygen atoms in total. The Morgan fingerprint density at radius 2 is 1.81 bits per heavy atom. The van der Waals surface area contributed by atoms with Gasteiger partial charge in [-0.25, -0.2) is 0 Å². The summed E-state index contributed by atoms with van der Waals surface area (Å²) in [7, 11) is 0. The van der Waals surface area contributed by atoms with Crippen molar-refractivity contribution >= 4 is 16.8 Å². The van der Waals surface area contributed by atoms with E-state index in [0.717, 1.165) is 35.1 Å². The van der Waals surface area contributed by atoms with Gasteiger partial charge in [0, 0.05) is 50.0 Å². The molecule has 1 atom stereocenters. The number of aliphatic hydroxyl groups is 1. The van der Waals surface area contributed by atoms with E-state index in [4.69, 9.17) is 0 Å². The second kappa shape index (κ2) is 7.32. The summed E-state index contributed by atoms with van der Waals surface area (Å²) in [6.45, 7) is 3.52. The zero-order valence-electron chi connectivity index (χ0n) is 14.6. The number of β-amino-alcohol motifs (C(OH)–C–C–N with tert-alkyl or cyclic N) is 1. The minimum atomic E-state index is -0.492. The normalized spacial score (nSPS) is 16.7. The number of aromatic amines is 1. The van der Waals surface area contributed by atoms with Crippen molar-refractivity contribution in [1.29, 1.82) is 0 Å². The van der Waals surface area contributed by atoms with Crippen LogP contribution >= 0.6 is 0 Å². The number of rotatable bonds is 4. The highest BCUT2D eigenvalue weighted by Crippen LogP contribution is 2.18. The fraction of sp³-hybridized carbons (Fsp3) is 0.286. The van der Waals surface area contributed by atoms with Crippen LogP contribution in [0.3, 0.4) is 0 Å². The lowest BCUT2D eigenvalue weighted by atomic mass is 10.1. The monoisotopic (exact) mass is 349 g/mol. The lowest BCUT2D eigenvalue weighted by molar-refractivity contribution is 0.0527. The first kappa shape index (κ1) is 16.8. The molecular weight excluding hydrogens is 326 g/mol. The third-order valence-electron chi connectivity index (χ3n) is 5.08. The van der Waals surface area contributed by atoms with E-state index < -0.39 is 6.10 Å². The van der Waals surface area contributed by atoms with Crippen LogP contribution in [0.5, 0.6) is 0 Å². The number of aromatic nitrogens is 1. The van der Waals surface area contributed by atoms with Crippen molar-refractivity contribution in [1.82, 2.24) is 14.8 Å². The summed E-state index contributed by atoms with van der Waals surface area (Å²) >= 11 is 0. The van der Waals surface area contributed by atoms with Crippen LogP contribution in [0.2, 0.25) is 0 Å². The summed E-state index contributed by atoms with van der Waals surface area (Å²) in [5, 5.41) is 11.5. The van der Waals surface area contributed by atoms with E-state index >= 15 is 0 Å². The van der Waals surface area contributed by atoms with Gasteiger partial charge in [0.1, 0.15) is 0 Å². The van der Waals surface area contributed by atoms with Gasteiger partial charge in [0.2, 0.25) is 0 Å². The molecule has 2 heterocycles. The highest BCUT2D eigenvalue weighted by molar-refractivity contribution is 5.98. The highest BCUT2D eigenvalue weighted by Gasteiger charge is 2.24. The molecule has 1 amide bonds. The maximum atomic E-state index is 12.8. The number of aliphatic hydroxyl groups excluding tert-OH is 1. The molecule has 134 valence electrons. The van der Waals surface area contributed by atoms with Crippen molar-refractivity contribution in [3.8, 4) is 0 Å². The summed E-state index contributed by atoms with van der Waals surface area (Å²) in [5.74, 6) is 0.0738. The molecule has 0 spiro atoms. The standard InChI is InChI=1S/C21H23N3O2/c25-20(17-4-2-1-3-5-17)15-23-10-12-24(13-11-23)21(26)18-7-6-16-8-9-22-19(16)14-18/h1-9,14,20,22,25H,10-13,15H2/t20-/m0/s1. The molecule has 4 rings (SSSR count). The van der Waals surface area contributed by atoms with Crippen molar-refractivity contribution in [2.75, 3.05) is 32.7 Å². The van der Waals surface area contributed by atoms with Gasteiger partial charge in [-0.1, -0.05) is 36.4 Å². The van der Waals surface area contributed by atoms with E-state index in [0.29, 0.717) is 19.6 Å². The minimum absolute atomic E-state index is 0.0738. The Kier molecular flexibility index (Phi) is 4.73. The molecule has 0 saturated carbocycles. The number of piperazine rings is 1. The first-order chi connectivity index (χ1) is 12.7. The van der Waals surface area contributed by atoms with Gasteiger partial charge in [-0.05, 0) is 29.1 Å². The molecule has 5 heteroatoms. The summed E-state index contributed by atoms with van der Waals surface area (Å²) < 4.78 is 0. The Balaban J connectivity index is 1.35. The van der Waals surface area contributed by atoms with Gasteiger partial charge >= 0.3 is 0 Å². The molecule has 0 aliphatic carbocycles. The molecule has 1 saturated heterocycles. The quantitative estimate of drug-likeness (QED) is 0.761. The van der Waals surface area contributed by atoms with Crippen molar-refractivity contribution in [2.45, 2.75) is 6.10 Å². The Hall–Kier alpha value is -2.63. The van der Waals surface area contributed by atoms with Gasteiger partial charge in [-0.2, -0.15) is 0 Å². The second-order valence-corrected chi connectivity index (χ2v) is 6.80. The third kappa shape index (κ3) is 3.49. The maximum Gasteiger partial charge on any atom is 0.254 e. The van der Waals surface area contributed by atoms with Crippen LogP contribution in [0.4, 0.5) is 0 Å². The summed E-state index contributed by atoms with van der Waals surface area (Å²) in [4.78, 5) is 20.0. The summed E-state index contributed by atoms with van der Waals surface area (Å²) in [5.41, 5.74) is 2.64. The van der Waals surface area contributed by atoms with Crippen molar-refractivity contribution in [3.63, 3.8) is 0 Å². The van der Waals surface area contributed by atoms with Crippen LogP contribution in [-0.2, 0) is 0 Å². The van der Waals surface area contributed by atoms with E-state index in [1.54, 1.807) is 0 Å². The highest BCUT2D eigenvalue weighted by atomic mass is 16.3. The van der Waals surface area contributed by atoms with Gasteiger partial charge in [0.05, 0.1) is 6.10 Å². The predicted octanol–water partition coefficient (Wildman–Crippen LogP) is 2.66. The number of benzene rings is 2. The zero-order chi connectivity index (χ0) is 17.9. The average molecular weight is 349 g/mol. The van der Waals surface area contributed by atoms with E-state index in [2.05, 4.69) is 9.88 Å². The smallest absolute Gasteiger partial charge is 0.254 e. The van der Waals surface area contributed by atoms with E-state index in [-0.39, 0.29) is 5.91 Å². The van der Waals surface area contributed by atoms with Gasteiger partial charge in [-0.3, -0.25) is 9.69 Å². The Labute approximate surface area is 152 Å². The third-order valence-corrected chi connectivity index (χ3v) is 5.08. The summed E-state index contributed by atoms with van der Waals surface area (Å²) in [6.07, 6.45) is 1.39. The van der Waals surface area contributed by atoms with Crippen LogP contribution in [-0.4, -0.2) is 58.5 Å². The number of fused-ring (bicyclic) bond motifs is 1. The lowest BCUT2D eigenvalue weighted by Gasteiger charge is -2.35. The number of hydrogen-bond donors (Lipinski definition) is 2. The van der Waals surface area contributed by atoms with Crippen molar-refractivity contribution in [3.05, 3.63) is 71.9 Å². The van der Waals surface area contributed by atoms with E-state index in [1.807, 2.05) is 65.7 Å². The zero-order valence-corrected chi connectivity index (χ0v) is 14.6. The SMILES string of the molecule is O=C(c1ccc2cc[nH]c2c1)N1CCN(C[C@H](O)c2ccccc2)CC1. The molecule has 3 aromatic rings. The molecule has 0 radical (unpaired) electrons. The van der Waals surface area contributed by atoms with Crippen molar-refractivity contribution in [2.24, 2.45) is 0 Å². The fourth-order valence-electron chi connectivity index (χ4n) is 3.52. The van der Waals surface area contributed by atoms with Gasteiger partial charge in [-0.15, -0.1) is 0 Å². The Bertz CT molecular complexity index is 882. The van der Waals surface area contributed by atoms with Crippen LogP contribution in [0.15, 0.2) is 60.8 Å². The largest absolute Gasteiger partial charge is 0.387 e. The molecule has 1 fully saturated rings. The number of amides is 1. The van der Waals surface area contributed by atoms with Gasteiger partial charge in [0.15, 0.2) is 0 Å². The van der Waals surface area contributed by atoms with Crippen LogP contribution in [0.25, 0.3) is 10.9 Å². The molecule has 26 heavy (non-hydrogen) atoms. The predicted molar refractivity (Wildman–Crippen MR) is 102 cm³/mol. The Morgan fingerprint density at radius 1 is 1.04 bits per heavy atom. The molecular formula is C21H23N3O2. The molecule has 0 bridgehead atoms. The number of nitrogens with zero attached hydrogens (tertiary/aromatic N) is 2. The van der Waals surface area contributed by atoms with Crippen LogP contribution in [0, 0.1) is 0 Å². The maximum absolute atomic E-state index is 12.8. The minimum Gasteiger partial charge on any atom is -0.387 e. The number of H-pyrrole nitrogens is 1.